The van der Waals surface area contributed by atoms with Gasteiger partial charge in [-0.1, -0.05) is 30.3 Å². The van der Waals surface area contributed by atoms with Gasteiger partial charge in [0.05, 0.1) is 18.7 Å². The first-order chi connectivity index (χ1) is 14.0. The number of amides is 1. The van der Waals surface area contributed by atoms with Gasteiger partial charge in [-0.2, -0.15) is 0 Å². The van der Waals surface area contributed by atoms with Crippen molar-refractivity contribution >= 4 is 23.2 Å². The summed E-state index contributed by atoms with van der Waals surface area (Å²) in [5, 5.41) is 5.95. The van der Waals surface area contributed by atoms with Crippen molar-refractivity contribution in [2.45, 2.75) is 6.04 Å². The number of halogens is 1. The molecule has 0 bridgehead atoms. The number of benzene rings is 1. The molecule has 2 heterocycles. The Bertz CT molecular complexity index is 1000. The molecule has 1 aromatic carbocycles. The third kappa shape index (κ3) is 4.77. The Hall–Kier alpha value is -3.72. The number of hydrogen-bond donors (Lipinski definition) is 4. The maximum Gasteiger partial charge on any atom is 0.252 e. The number of methoxy groups -OCH3 is 1. The van der Waals surface area contributed by atoms with Crippen molar-refractivity contribution in [2.75, 3.05) is 24.3 Å². The molecule has 0 aliphatic rings. The van der Waals surface area contributed by atoms with E-state index in [0.717, 1.165) is 11.6 Å². The van der Waals surface area contributed by atoms with Crippen LogP contribution in [-0.4, -0.2) is 29.5 Å². The summed E-state index contributed by atoms with van der Waals surface area (Å²) in [4.78, 5) is 20.1. The summed E-state index contributed by atoms with van der Waals surface area (Å²) in [6, 6.07) is 13.3. The zero-order chi connectivity index (χ0) is 20.8. The van der Waals surface area contributed by atoms with E-state index in [-0.39, 0.29) is 29.8 Å². The molecule has 0 aliphatic carbocycles. The van der Waals surface area contributed by atoms with Crippen LogP contribution in [0.15, 0.2) is 54.7 Å². The van der Waals surface area contributed by atoms with Crippen LogP contribution >= 0.6 is 0 Å². The highest BCUT2D eigenvalue weighted by molar-refractivity contribution is 5.98. The molecule has 0 fully saturated rings. The first-order valence-corrected chi connectivity index (χ1v) is 8.80. The van der Waals surface area contributed by atoms with E-state index in [0.29, 0.717) is 11.6 Å². The highest BCUT2D eigenvalue weighted by Crippen LogP contribution is 2.27. The quantitative estimate of drug-likeness (QED) is 0.461. The van der Waals surface area contributed by atoms with Crippen LogP contribution < -0.4 is 26.8 Å². The van der Waals surface area contributed by atoms with Gasteiger partial charge in [0.15, 0.2) is 11.6 Å². The third-order valence-electron chi connectivity index (χ3n) is 4.20. The summed E-state index contributed by atoms with van der Waals surface area (Å²) in [7, 11) is 1.48. The van der Waals surface area contributed by atoms with Crippen LogP contribution in [0.4, 0.5) is 21.7 Å². The highest BCUT2D eigenvalue weighted by Gasteiger charge is 2.19. The number of carbonyl (C=O) groups is 1. The van der Waals surface area contributed by atoms with Gasteiger partial charge in [0.2, 0.25) is 5.88 Å². The van der Waals surface area contributed by atoms with Gasteiger partial charge in [-0.05, 0) is 17.7 Å². The lowest BCUT2D eigenvalue weighted by molar-refractivity contribution is 0.100. The summed E-state index contributed by atoms with van der Waals surface area (Å²) in [6.45, 7) is 0.215. The Morgan fingerprint density at radius 2 is 1.97 bits per heavy atom. The van der Waals surface area contributed by atoms with Gasteiger partial charge >= 0.3 is 0 Å². The molecule has 6 N–H and O–H groups in total. The highest BCUT2D eigenvalue weighted by atomic mass is 19.1. The van der Waals surface area contributed by atoms with Crippen LogP contribution in [0.3, 0.4) is 0 Å². The average molecular weight is 396 g/mol. The molecule has 0 unspecified atom stereocenters. The SMILES string of the molecule is COc1cc(Nc2nc(N[C@@H](CN)c3ccccc3)c(F)cc2C(N)=O)ccn1. The zero-order valence-corrected chi connectivity index (χ0v) is 15.7. The molecule has 0 radical (unpaired) electrons. The van der Waals surface area contributed by atoms with Crippen LogP contribution in [0.5, 0.6) is 5.88 Å². The Balaban J connectivity index is 1.96. The molecule has 9 heteroatoms. The number of nitrogens with zero attached hydrogens (tertiary/aromatic N) is 2. The molecular formula is C20H21FN6O2. The van der Waals surface area contributed by atoms with Crippen LogP contribution in [0, 0.1) is 5.82 Å². The molecule has 150 valence electrons. The molecule has 0 spiro atoms. The van der Waals surface area contributed by atoms with Gasteiger partial charge in [-0.3, -0.25) is 4.79 Å². The summed E-state index contributed by atoms with van der Waals surface area (Å²) in [5.41, 5.74) is 12.6. The fraction of sp³-hybridized carbons (Fsp3) is 0.150. The predicted molar refractivity (Wildman–Crippen MR) is 109 cm³/mol. The van der Waals surface area contributed by atoms with Crippen molar-refractivity contribution in [3.8, 4) is 5.88 Å². The van der Waals surface area contributed by atoms with Crippen molar-refractivity contribution in [3.63, 3.8) is 0 Å². The summed E-state index contributed by atoms with van der Waals surface area (Å²) < 4.78 is 19.7. The van der Waals surface area contributed by atoms with Gasteiger partial charge in [-0.15, -0.1) is 0 Å². The van der Waals surface area contributed by atoms with E-state index in [1.165, 1.54) is 13.3 Å². The fourth-order valence-electron chi connectivity index (χ4n) is 2.74. The summed E-state index contributed by atoms with van der Waals surface area (Å²) in [5.74, 6) is -1.13. The van der Waals surface area contributed by atoms with Gasteiger partial charge < -0.3 is 26.8 Å². The number of pyridine rings is 2. The number of rotatable bonds is 8. The van der Waals surface area contributed by atoms with Crippen LogP contribution in [0.2, 0.25) is 0 Å². The first-order valence-electron chi connectivity index (χ1n) is 8.80. The first kappa shape index (κ1) is 20.0. The number of hydrogen-bond acceptors (Lipinski definition) is 7. The second-order valence-electron chi connectivity index (χ2n) is 6.13. The minimum absolute atomic E-state index is 0.0576. The Morgan fingerprint density at radius 3 is 2.62 bits per heavy atom. The minimum atomic E-state index is -0.815. The van der Waals surface area contributed by atoms with E-state index in [1.54, 1.807) is 12.1 Å². The number of nitrogens with one attached hydrogen (secondary N) is 2. The smallest absolute Gasteiger partial charge is 0.252 e. The van der Waals surface area contributed by atoms with Crippen molar-refractivity contribution in [3.05, 3.63) is 71.7 Å². The lowest BCUT2D eigenvalue weighted by Gasteiger charge is -2.20. The molecule has 29 heavy (non-hydrogen) atoms. The van der Waals surface area contributed by atoms with Crippen LogP contribution in [0.25, 0.3) is 0 Å². The van der Waals surface area contributed by atoms with Crippen LogP contribution in [-0.2, 0) is 0 Å². The molecule has 0 aliphatic heterocycles. The zero-order valence-electron chi connectivity index (χ0n) is 15.7. The molecule has 3 aromatic rings. The summed E-state index contributed by atoms with van der Waals surface area (Å²) in [6.07, 6.45) is 1.52. The van der Waals surface area contributed by atoms with Gasteiger partial charge in [0.1, 0.15) is 5.82 Å². The average Bonchev–Trinajstić information content (AvgIpc) is 2.74. The Morgan fingerprint density at radius 1 is 1.21 bits per heavy atom. The number of carbonyl (C=O) groups excluding carboxylic acids is 1. The molecule has 1 atom stereocenters. The number of primary amides is 1. The Labute approximate surface area is 167 Å². The largest absolute Gasteiger partial charge is 0.481 e. The van der Waals surface area contributed by atoms with E-state index in [9.17, 15) is 9.18 Å². The van der Waals surface area contributed by atoms with E-state index < -0.39 is 11.7 Å². The number of anilines is 3. The molecule has 2 aromatic heterocycles. The maximum atomic E-state index is 14.6. The van der Waals surface area contributed by atoms with Crippen molar-refractivity contribution in [1.82, 2.24) is 9.97 Å². The number of nitrogens with two attached hydrogens (primary N) is 2. The van der Waals surface area contributed by atoms with Gasteiger partial charge in [0.25, 0.3) is 5.91 Å². The monoisotopic (exact) mass is 396 g/mol. The van der Waals surface area contributed by atoms with E-state index in [1.807, 2.05) is 30.3 Å². The molecule has 8 nitrogen and oxygen atoms in total. The maximum absolute atomic E-state index is 14.6. The van der Waals surface area contributed by atoms with Crippen molar-refractivity contribution in [1.29, 1.82) is 0 Å². The second kappa shape index (κ2) is 8.98. The van der Waals surface area contributed by atoms with Gasteiger partial charge in [-0.25, -0.2) is 14.4 Å². The molecule has 0 saturated carbocycles. The normalized spacial score (nSPS) is 11.6. The number of aromatic nitrogens is 2. The molecular weight excluding hydrogens is 375 g/mol. The predicted octanol–water partition coefficient (Wildman–Crippen LogP) is 2.58. The van der Waals surface area contributed by atoms with E-state index in [4.69, 9.17) is 16.2 Å². The van der Waals surface area contributed by atoms with E-state index >= 15 is 0 Å². The molecule has 0 saturated heterocycles. The van der Waals surface area contributed by atoms with Crippen LogP contribution in [0.1, 0.15) is 22.0 Å². The standard InChI is InChI=1S/C20H21FN6O2/c1-29-17-9-13(7-8-24-17)25-19-14(18(23)28)10-15(21)20(27-19)26-16(11-22)12-5-3-2-4-6-12/h2-10,16H,11,22H2,1H3,(H2,23,28)(H2,24,25,26,27)/t16-/m0/s1. The minimum Gasteiger partial charge on any atom is -0.481 e. The second-order valence-corrected chi connectivity index (χ2v) is 6.13. The van der Waals surface area contributed by atoms with Crippen molar-refractivity contribution in [2.24, 2.45) is 11.5 Å². The Kier molecular flexibility index (Phi) is 6.20. The van der Waals surface area contributed by atoms with E-state index in [2.05, 4.69) is 20.6 Å². The number of ether oxygens (including phenoxy) is 1. The fourth-order valence-corrected chi connectivity index (χ4v) is 2.74. The summed E-state index contributed by atoms with van der Waals surface area (Å²) >= 11 is 0. The topological polar surface area (TPSA) is 128 Å². The third-order valence-corrected chi connectivity index (χ3v) is 4.20. The lowest BCUT2D eigenvalue weighted by atomic mass is 10.1. The molecule has 3 rings (SSSR count). The van der Waals surface area contributed by atoms with Gasteiger partial charge in [0, 0.05) is 24.5 Å². The molecule has 1 amide bonds. The lowest BCUT2D eigenvalue weighted by Crippen LogP contribution is -2.23. The van der Waals surface area contributed by atoms with Crippen molar-refractivity contribution < 1.29 is 13.9 Å².